The Morgan fingerprint density at radius 1 is 1.16 bits per heavy atom. The maximum atomic E-state index is 11.8. The van der Waals surface area contributed by atoms with E-state index in [0.717, 1.165) is 11.8 Å². The third kappa shape index (κ3) is 5.38. The molecular formula is C11H14N2O4S2. The zero-order chi connectivity index (χ0) is 14.5. The van der Waals surface area contributed by atoms with Crippen LogP contribution in [0.5, 0.6) is 0 Å². The number of hydrogen-bond acceptors (Lipinski definition) is 5. The highest BCUT2D eigenvalue weighted by Gasteiger charge is 2.14. The summed E-state index contributed by atoms with van der Waals surface area (Å²) in [6.07, 6.45) is 1.25. The highest BCUT2D eigenvalue weighted by Crippen LogP contribution is 2.10. The van der Waals surface area contributed by atoms with Gasteiger partial charge >= 0.3 is 0 Å². The van der Waals surface area contributed by atoms with Gasteiger partial charge in [-0.15, -0.1) is 0 Å². The predicted molar refractivity (Wildman–Crippen MR) is 70.7 cm³/mol. The Morgan fingerprint density at radius 3 is 2.21 bits per heavy atom. The lowest BCUT2D eigenvalue weighted by Crippen LogP contribution is -2.28. The van der Waals surface area contributed by atoms with E-state index in [1.807, 2.05) is 6.07 Å². The van der Waals surface area contributed by atoms with Gasteiger partial charge in [-0.3, -0.25) is 0 Å². The van der Waals surface area contributed by atoms with Gasteiger partial charge in [0.2, 0.25) is 10.0 Å². The molecule has 0 radical (unpaired) electrons. The third-order valence-corrected chi connectivity index (χ3v) is 4.70. The van der Waals surface area contributed by atoms with E-state index in [9.17, 15) is 16.8 Å². The summed E-state index contributed by atoms with van der Waals surface area (Å²) in [4.78, 5) is 0.0442. The minimum atomic E-state index is -3.71. The van der Waals surface area contributed by atoms with Gasteiger partial charge in [0.25, 0.3) is 0 Å². The van der Waals surface area contributed by atoms with Crippen molar-refractivity contribution >= 4 is 19.9 Å². The van der Waals surface area contributed by atoms with Gasteiger partial charge in [0, 0.05) is 12.8 Å². The molecule has 0 aliphatic carbocycles. The highest BCUT2D eigenvalue weighted by molar-refractivity contribution is 7.91. The Bertz CT molecular complexity index is 670. The lowest BCUT2D eigenvalue weighted by Gasteiger charge is -2.06. The summed E-state index contributed by atoms with van der Waals surface area (Å²) in [5.41, 5.74) is 0.720. The van der Waals surface area contributed by atoms with Gasteiger partial charge in [-0.2, -0.15) is 5.26 Å². The van der Waals surface area contributed by atoms with Crippen LogP contribution in [0.2, 0.25) is 0 Å². The lowest BCUT2D eigenvalue weighted by atomic mass is 10.2. The Kier molecular flexibility index (Phi) is 5.05. The van der Waals surface area contributed by atoms with Gasteiger partial charge in [-0.25, -0.2) is 21.6 Å². The summed E-state index contributed by atoms with van der Waals surface area (Å²) in [6, 6.07) is 7.83. The molecule has 0 fully saturated rings. The highest BCUT2D eigenvalue weighted by atomic mass is 32.2. The van der Waals surface area contributed by atoms with Crippen LogP contribution in [0.4, 0.5) is 0 Å². The molecule has 0 heterocycles. The Labute approximate surface area is 113 Å². The van der Waals surface area contributed by atoms with Gasteiger partial charge in [0.15, 0.2) is 0 Å². The second kappa shape index (κ2) is 6.14. The van der Waals surface area contributed by atoms with Crippen LogP contribution in [-0.4, -0.2) is 35.4 Å². The molecule has 19 heavy (non-hydrogen) atoms. The molecular weight excluding hydrogens is 288 g/mol. The number of nitriles is 1. The molecule has 104 valence electrons. The van der Waals surface area contributed by atoms with Crippen LogP contribution in [0.15, 0.2) is 29.2 Å². The van der Waals surface area contributed by atoms with E-state index < -0.39 is 19.9 Å². The Hall–Kier alpha value is -1.43. The van der Waals surface area contributed by atoms with E-state index >= 15 is 0 Å². The number of sulfone groups is 1. The summed E-state index contributed by atoms with van der Waals surface area (Å²) in [5, 5.41) is 8.50. The molecule has 1 aromatic rings. The molecule has 1 aromatic carbocycles. The molecule has 0 aliphatic heterocycles. The molecule has 0 saturated heterocycles. The van der Waals surface area contributed by atoms with E-state index in [-0.39, 0.29) is 23.6 Å². The van der Waals surface area contributed by atoms with Crippen LogP contribution >= 0.6 is 0 Å². The van der Waals surface area contributed by atoms with E-state index in [2.05, 4.69) is 4.72 Å². The van der Waals surface area contributed by atoms with E-state index in [1.54, 1.807) is 12.1 Å². The first kappa shape index (κ1) is 15.6. The summed E-state index contributed by atoms with van der Waals surface area (Å²) in [6.45, 7) is -0.166. The summed E-state index contributed by atoms with van der Waals surface area (Å²) in [7, 11) is -6.92. The van der Waals surface area contributed by atoms with Gasteiger partial charge in [-0.05, 0) is 17.7 Å². The van der Waals surface area contributed by atoms with Crippen LogP contribution in [0.3, 0.4) is 0 Å². The molecule has 0 amide bonds. The van der Waals surface area contributed by atoms with Crippen LogP contribution in [0.25, 0.3) is 0 Å². The first-order valence-electron chi connectivity index (χ1n) is 5.38. The monoisotopic (exact) mass is 302 g/mol. The number of rotatable bonds is 6. The summed E-state index contributed by atoms with van der Waals surface area (Å²) in [5.74, 6) is -0.251. The predicted octanol–water partition coefficient (Wildman–Crippen LogP) is 0.0756. The molecule has 0 spiro atoms. The largest absolute Gasteiger partial charge is 0.240 e. The standard InChI is InChI=1S/C11H14N2O4S2/c1-18(14,15)9-8-13-19(16,17)11-4-2-10(3-5-11)6-7-12/h2-5,13H,6,8-9H2,1H3. The van der Waals surface area contributed by atoms with Crippen molar-refractivity contribution in [1.29, 1.82) is 5.26 Å². The van der Waals surface area contributed by atoms with Gasteiger partial charge < -0.3 is 0 Å². The van der Waals surface area contributed by atoms with E-state index in [4.69, 9.17) is 5.26 Å². The molecule has 0 aliphatic rings. The van der Waals surface area contributed by atoms with Crippen LogP contribution in [0.1, 0.15) is 5.56 Å². The van der Waals surface area contributed by atoms with E-state index in [0.29, 0.717) is 0 Å². The first-order valence-corrected chi connectivity index (χ1v) is 8.92. The minimum Gasteiger partial charge on any atom is -0.229 e. The average molecular weight is 302 g/mol. The quantitative estimate of drug-likeness (QED) is 0.801. The molecule has 0 aromatic heterocycles. The topological polar surface area (TPSA) is 104 Å². The molecule has 1 N–H and O–H groups in total. The zero-order valence-corrected chi connectivity index (χ0v) is 12.0. The third-order valence-electron chi connectivity index (χ3n) is 2.28. The molecule has 6 nitrogen and oxygen atoms in total. The fourth-order valence-corrected chi connectivity index (χ4v) is 2.96. The first-order chi connectivity index (χ1) is 8.74. The van der Waals surface area contributed by atoms with Crippen molar-refractivity contribution in [3.63, 3.8) is 0 Å². The second-order valence-electron chi connectivity index (χ2n) is 4.01. The van der Waals surface area contributed by atoms with E-state index in [1.165, 1.54) is 12.1 Å². The van der Waals surface area contributed by atoms with Crippen molar-refractivity contribution in [1.82, 2.24) is 4.72 Å². The normalized spacial score (nSPS) is 12.0. The number of hydrogen-bond donors (Lipinski definition) is 1. The van der Waals surface area contributed by atoms with Crippen molar-refractivity contribution in [3.05, 3.63) is 29.8 Å². The molecule has 0 unspecified atom stereocenters. The molecule has 0 saturated carbocycles. The molecule has 0 bridgehead atoms. The molecule has 8 heteroatoms. The average Bonchev–Trinajstić information content (AvgIpc) is 2.28. The number of nitrogens with zero attached hydrogens (tertiary/aromatic N) is 1. The summed E-state index contributed by atoms with van der Waals surface area (Å²) >= 11 is 0. The van der Waals surface area contributed by atoms with Crippen molar-refractivity contribution < 1.29 is 16.8 Å². The van der Waals surface area contributed by atoms with Crippen LogP contribution < -0.4 is 4.72 Å². The van der Waals surface area contributed by atoms with Crippen molar-refractivity contribution in [2.24, 2.45) is 0 Å². The lowest BCUT2D eigenvalue weighted by molar-refractivity contribution is 0.582. The smallest absolute Gasteiger partial charge is 0.229 e. The van der Waals surface area contributed by atoms with Crippen molar-refractivity contribution in [2.45, 2.75) is 11.3 Å². The van der Waals surface area contributed by atoms with Crippen LogP contribution in [-0.2, 0) is 26.3 Å². The van der Waals surface area contributed by atoms with Gasteiger partial charge in [-0.1, -0.05) is 12.1 Å². The number of benzene rings is 1. The van der Waals surface area contributed by atoms with Crippen molar-refractivity contribution in [2.75, 3.05) is 18.6 Å². The fourth-order valence-electron chi connectivity index (χ4n) is 1.32. The SMILES string of the molecule is CS(=O)(=O)CCNS(=O)(=O)c1ccc(CC#N)cc1. The van der Waals surface area contributed by atoms with Gasteiger partial charge in [0.05, 0.1) is 23.1 Å². The maximum absolute atomic E-state index is 11.8. The Balaban J connectivity index is 2.75. The van der Waals surface area contributed by atoms with Crippen LogP contribution in [0, 0.1) is 11.3 Å². The fraction of sp³-hybridized carbons (Fsp3) is 0.364. The minimum absolute atomic E-state index is 0.0442. The Morgan fingerprint density at radius 2 is 1.74 bits per heavy atom. The second-order valence-corrected chi connectivity index (χ2v) is 8.03. The molecule has 0 atom stereocenters. The van der Waals surface area contributed by atoms with Gasteiger partial charge in [0.1, 0.15) is 9.84 Å². The maximum Gasteiger partial charge on any atom is 0.240 e. The number of sulfonamides is 1. The zero-order valence-electron chi connectivity index (χ0n) is 10.3. The number of nitrogens with one attached hydrogen (secondary N) is 1. The van der Waals surface area contributed by atoms with Crippen molar-refractivity contribution in [3.8, 4) is 6.07 Å². The summed E-state index contributed by atoms with van der Waals surface area (Å²) < 4.78 is 47.7. The molecule has 1 rings (SSSR count).